The second kappa shape index (κ2) is 14.8. The number of aliphatic hydroxyl groups excluding tert-OH is 1. The fourth-order valence-corrected chi connectivity index (χ4v) is 2.44. The summed E-state index contributed by atoms with van der Waals surface area (Å²) in [5, 5.41) is 18.5. The van der Waals surface area contributed by atoms with Gasteiger partial charge in [-0.15, -0.1) is 0 Å². The van der Waals surface area contributed by atoms with Gasteiger partial charge in [0.1, 0.15) is 0 Å². The minimum absolute atomic E-state index is 0.259. The number of ether oxygens (including phenoxy) is 1. The highest BCUT2D eigenvalue weighted by atomic mass is 16.5. The van der Waals surface area contributed by atoms with Gasteiger partial charge < -0.3 is 14.9 Å². The lowest BCUT2D eigenvalue weighted by molar-refractivity contribution is -0.152. The highest BCUT2D eigenvalue weighted by Crippen LogP contribution is 2.21. The first-order valence-corrected chi connectivity index (χ1v) is 10.2. The number of aliphatic hydroxyl groups is 1. The minimum atomic E-state index is -1.17. The molecular weight excluding hydrogens is 396 g/mol. The van der Waals surface area contributed by atoms with Crippen LogP contribution in [0.1, 0.15) is 26.7 Å². The third-order valence-electron chi connectivity index (χ3n) is 4.42. The third-order valence-corrected chi connectivity index (χ3v) is 4.42. The molecule has 2 N–H and O–H groups in total. The molecule has 166 valence electrons. The van der Waals surface area contributed by atoms with Crippen molar-refractivity contribution in [2.75, 3.05) is 0 Å². The van der Waals surface area contributed by atoms with Crippen molar-refractivity contribution in [1.82, 2.24) is 0 Å². The summed E-state index contributed by atoms with van der Waals surface area (Å²) < 4.78 is 5.23. The van der Waals surface area contributed by atoms with Gasteiger partial charge >= 0.3 is 5.97 Å². The van der Waals surface area contributed by atoms with Gasteiger partial charge in [-0.3, -0.25) is 9.59 Å². The molecule has 0 aromatic heterocycles. The lowest BCUT2D eigenvalue weighted by Gasteiger charge is -2.07. The monoisotopic (exact) mass is 426 g/mol. The number of hydrogen-bond donors (Lipinski definition) is 2. The Kier molecular flexibility index (Phi) is 12.4. The molecule has 0 spiro atoms. The van der Waals surface area contributed by atoms with Crippen LogP contribution in [0.15, 0.2) is 85.1 Å². The molecular formula is C25H30O6. The Bertz CT molecular complexity index is 810. The molecule has 0 aliphatic carbocycles. The van der Waals surface area contributed by atoms with E-state index >= 15 is 0 Å². The number of carboxylic acid groups (broad SMARTS) is 1. The number of carboxylic acids is 1. The van der Waals surface area contributed by atoms with Crippen molar-refractivity contribution < 1.29 is 29.3 Å². The van der Waals surface area contributed by atoms with Crippen LogP contribution < -0.4 is 0 Å². The van der Waals surface area contributed by atoms with Crippen LogP contribution in [0.4, 0.5) is 0 Å². The summed E-state index contributed by atoms with van der Waals surface area (Å²) in [5.41, 5.74) is 0. The van der Waals surface area contributed by atoms with Crippen LogP contribution in [-0.4, -0.2) is 46.1 Å². The van der Waals surface area contributed by atoms with Crippen molar-refractivity contribution >= 4 is 17.5 Å². The van der Waals surface area contributed by atoms with Gasteiger partial charge in [0.2, 0.25) is 11.6 Å². The Labute approximate surface area is 183 Å². The van der Waals surface area contributed by atoms with Crippen LogP contribution >= 0.6 is 0 Å². The quantitative estimate of drug-likeness (QED) is 0.281. The Hall–Kier alpha value is -3.09. The number of carbonyl (C=O) groups is 3. The van der Waals surface area contributed by atoms with Gasteiger partial charge in [-0.25, -0.2) is 4.79 Å². The first-order chi connectivity index (χ1) is 14.8. The summed E-state index contributed by atoms with van der Waals surface area (Å²) in [6, 6.07) is 0. The first kappa shape index (κ1) is 25.9. The van der Waals surface area contributed by atoms with E-state index < -0.39 is 35.8 Å². The molecule has 0 amide bonds. The number of ketones is 2. The zero-order valence-electron chi connectivity index (χ0n) is 17.8. The molecule has 1 fully saturated rings. The smallest absolute Gasteiger partial charge is 0.335 e. The molecule has 4 atom stereocenters. The van der Waals surface area contributed by atoms with Crippen molar-refractivity contribution in [3.63, 3.8) is 0 Å². The second-order valence-corrected chi connectivity index (χ2v) is 6.99. The van der Waals surface area contributed by atoms with Crippen molar-refractivity contribution in [3.05, 3.63) is 85.1 Å². The van der Waals surface area contributed by atoms with E-state index in [-0.39, 0.29) is 12.3 Å². The predicted molar refractivity (Wildman–Crippen MR) is 120 cm³/mol. The zero-order valence-corrected chi connectivity index (χ0v) is 17.8. The average Bonchev–Trinajstić information content (AvgIpc) is 3.12. The predicted octanol–water partition coefficient (Wildman–Crippen LogP) is 3.67. The Morgan fingerprint density at radius 1 is 0.903 bits per heavy atom. The molecule has 0 aromatic carbocycles. The number of carbonyl (C=O) groups excluding carboxylic acids is 2. The third kappa shape index (κ3) is 11.0. The van der Waals surface area contributed by atoms with Gasteiger partial charge in [-0.2, -0.15) is 0 Å². The maximum atomic E-state index is 11.6. The molecule has 1 heterocycles. The Balaban J connectivity index is 2.30. The molecule has 6 nitrogen and oxygen atoms in total. The van der Waals surface area contributed by atoms with E-state index in [4.69, 9.17) is 9.84 Å². The van der Waals surface area contributed by atoms with E-state index in [1.807, 2.05) is 19.9 Å². The van der Waals surface area contributed by atoms with Crippen molar-refractivity contribution in [3.8, 4) is 0 Å². The summed E-state index contributed by atoms with van der Waals surface area (Å²) in [7, 11) is 0. The topological polar surface area (TPSA) is 101 Å². The number of aliphatic carboxylic acids is 1. The van der Waals surface area contributed by atoms with Gasteiger partial charge in [-0.1, -0.05) is 93.2 Å². The Morgan fingerprint density at radius 3 is 1.94 bits per heavy atom. The van der Waals surface area contributed by atoms with E-state index in [0.717, 1.165) is 6.42 Å². The van der Waals surface area contributed by atoms with Crippen LogP contribution in [0.25, 0.3) is 0 Å². The molecule has 0 unspecified atom stereocenters. The van der Waals surface area contributed by atoms with Crippen molar-refractivity contribution in [2.45, 2.75) is 45.0 Å². The maximum Gasteiger partial charge on any atom is 0.335 e. The number of hydrogen-bond acceptors (Lipinski definition) is 5. The van der Waals surface area contributed by atoms with Crippen molar-refractivity contribution in [2.24, 2.45) is 5.92 Å². The van der Waals surface area contributed by atoms with Crippen LogP contribution in [0, 0.1) is 5.92 Å². The summed E-state index contributed by atoms with van der Waals surface area (Å²) in [6.07, 6.45) is 22.0. The summed E-state index contributed by atoms with van der Waals surface area (Å²) >= 11 is 0. The molecule has 0 saturated carbocycles. The molecule has 0 bridgehead atoms. The lowest BCUT2D eigenvalue weighted by Crippen LogP contribution is -2.29. The molecule has 1 aliphatic rings. The zero-order chi connectivity index (χ0) is 23.1. The van der Waals surface area contributed by atoms with Crippen molar-refractivity contribution in [1.29, 1.82) is 0 Å². The van der Waals surface area contributed by atoms with Gasteiger partial charge in [0.05, 0.1) is 12.2 Å². The van der Waals surface area contributed by atoms with Crippen LogP contribution in [0.5, 0.6) is 0 Å². The lowest BCUT2D eigenvalue weighted by atomic mass is 10.1. The van der Waals surface area contributed by atoms with Crippen LogP contribution in [0.3, 0.4) is 0 Å². The molecule has 0 radical (unpaired) electrons. The molecule has 6 heteroatoms. The number of rotatable bonds is 12. The summed E-state index contributed by atoms with van der Waals surface area (Å²) in [5.74, 6) is -1.97. The van der Waals surface area contributed by atoms with Gasteiger partial charge in [0.15, 0.2) is 6.10 Å². The van der Waals surface area contributed by atoms with E-state index in [0.29, 0.717) is 0 Å². The molecule has 1 aliphatic heterocycles. The van der Waals surface area contributed by atoms with E-state index in [9.17, 15) is 19.5 Å². The van der Waals surface area contributed by atoms with Gasteiger partial charge in [0, 0.05) is 6.42 Å². The molecule has 1 rings (SSSR count). The van der Waals surface area contributed by atoms with Crippen LogP contribution in [-0.2, 0) is 19.1 Å². The standard InChI is InChI=1S/C25H30O6/c1-3-19(2)16-17-22(27)21(26)15-13-11-9-7-5-4-6-8-10-12-14-20-18-23(28)24(31-20)25(29)30/h4-17,19-20,23-24,28H,3,18H2,1-2H3,(H,29,30)/b6-4+,7-5+,10-8+,11-9+,14-12?,15-13+,17-16+/t19-,20+,23-,24+/m0/s1. The largest absolute Gasteiger partial charge is 0.479 e. The second-order valence-electron chi connectivity index (χ2n) is 6.99. The van der Waals surface area contributed by atoms with E-state index in [2.05, 4.69) is 0 Å². The summed E-state index contributed by atoms with van der Waals surface area (Å²) in [6.45, 7) is 4.00. The van der Waals surface area contributed by atoms with Gasteiger partial charge in [-0.05, 0) is 18.1 Å². The Morgan fingerprint density at radius 2 is 1.42 bits per heavy atom. The SMILES string of the molecule is CC[C@H](C)/C=C/C(=O)C(=O)/C=C/C=C/C=C/C=C/C=C/C=C[C@@H]1C[C@H](O)[C@H](C(=O)O)O1. The highest BCUT2D eigenvalue weighted by molar-refractivity contribution is 6.45. The van der Waals surface area contributed by atoms with E-state index in [1.165, 1.54) is 18.2 Å². The van der Waals surface area contributed by atoms with E-state index in [1.54, 1.807) is 60.8 Å². The minimum Gasteiger partial charge on any atom is -0.479 e. The normalized spacial score (nSPS) is 23.6. The van der Waals surface area contributed by atoms with Gasteiger partial charge in [0.25, 0.3) is 0 Å². The molecule has 1 saturated heterocycles. The maximum absolute atomic E-state index is 11.6. The fraction of sp³-hybridized carbons (Fsp3) is 0.320. The highest BCUT2D eigenvalue weighted by Gasteiger charge is 2.37. The molecule has 0 aromatic rings. The molecule has 31 heavy (non-hydrogen) atoms. The number of allylic oxidation sites excluding steroid dienone is 13. The average molecular weight is 427 g/mol. The summed E-state index contributed by atoms with van der Waals surface area (Å²) in [4.78, 5) is 34.1. The fourth-order valence-electron chi connectivity index (χ4n) is 2.44. The first-order valence-electron chi connectivity index (χ1n) is 10.2. The van der Waals surface area contributed by atoms with Crippen LogP contribution in [0.2, 0.25) is 0 Å².